The van der Waals surface area contributed by atoms with Crippen LogP contribution in [0.4, 0.5) is 10.1 Å². The first-order valence-corrected chi connectivity index (χ1v) is 12.4. The van der Waals surface area contributed by atoms with E-state index in [2.05, 4.69) is 26.3 Å². The predicted octanol–water partition coefficient (Wildman–Crippen LogP) is 6.69. The van der Waals surface area contributed by atoms with Gasteiger partial charge in [0.05, 0.1) is 30.7 Å². The van der Waals surface area contributed by atoms with Gasteiger partial charge in [-0.2, -0.15) is 5.10 Å². The van der Waals surface area contributed by atoms with E-state index < -0.39 is 0 Å². The maximum Gasteiger partial charge on any atom is 0.248 e. The molecule has 3 aromatic carbocycles. The fourth-order valence-electron chi connectivity index (χ4n) is 3.84. The SMILES string of the molecule is COc1ccc(C=CC(=O)Nc2c(C)nn(Cc3ccc(F)cc3)c2C)cc1COc1ccc(Br)cc1. The van der Waals surface area contributed by atoms with Crippen LogP contribution in [0.3, 0.4) is 0 Å². The molecule has 6 nitrogen and oxygen atoms in total. The highest BCUT2D eigenvalue weighted by atomic mass is 79.9. The lowest BCUT2D eigenvalue weighted by Crippen LogP contribution is -2.10. The fourth-order valence-corrected chi connectivity index (χ4v) is 4.10. The summed E-state index contributed by atoms with van der Waals surface area (Å²) in [6, 6.07) is 19.6. The number of ether oxygens (including phenoxy) is 2. The molecule has 37 heavy (non-hydrogen) atoms. The smallest absolute Gasteiger partial charge is 0.248 e. The first kappa shape index (κ1) is 26.2. The molecule has 0 atom stereocenters. The van der Waals surface area contributed by atoms with E-state index in [9.17, 15) is 9.18 Å². The Labute approximate surface area is 223 Å². The van der Waals surface area contributed by atoms with Crippen LogP contribution in [0.1, 0.15) is 28.1 Å². The van der Waals surface area contributed by atoms with Crippen molar-refractivity contribution in [3.8, 4) is 11.5 Å². The van der Waals surface area contributed by atoms with Crippen molar-refractivity contribution >= 4 is 33.6 Å². The van der Waals surface area contributed by atoms with Crippen molar-refractivity contribution in [3.63, 3.8) is 0 Å². The number of methoxy groups -OCH3 is 1. The first-order chi connectivity index (χ1) is 17.8. The van der Waals surface area contributed by atoms with Crippen molar-refractivity contribution < 1.29 is 18.7 Å². The number of anilines is 1. The first-order valence-electron chi connectivity index (χ1n) is 11.6. The van der Waals surface area contributed by atoms with Crippen molar-refractivity contribution in [2.45, 2.75) is 27.0 Å². The van der Waals surface area contributed by atoms with E-state index in [0.29, 0.717) is 30.3 Å². The molecular weight excluding hydrogens is 537 g/mol. The number of amides is 1. The van der Waals surface area contributed by atoms with Crippen LogP contribution < -0.4 is 14.8 Å². The van der Waals surface area contributed by atoms with E-state index in [-0.39, 0.29) is 11.7 Å². The molecule has 4 rings (SSSR count). The summed E-state index contributed by atoms with van der Waals surface area (Å²) >= 11 is 3.42. The number of benzene rings is 3. The van der Waals surface area contributed by atoms with E-state index >= 15 is 0 Å². The molecule has 1 heterocycles. The highest BCUT2D eigenvalue weighted by molar-refractivity contribution is 9.10. The highest BCUT2D eigenvalue weighted by Crippen LogP contribution is 2.24. The van der Waals surface area contributed by atoms with E-state index in [4.69, 9.17) is 9.47 Å². The molecule has 0 aliphatic carbocycles. The minimum absolute atomic E-state index is 0.268. The van der Waals surface area contributed by atoms with Gasteiger partial charge in [0.1, 0.15) is 23.9 Å². The molecule has 0 saturated heterocycles. The largest absolute Gasteiger partial charge is 0.496 e. The lowest BCUT2D eigenvalue weighted by molar-refractivity contribution is -0.111. The second-order valence-corrected chi connectivity index (χ2v) is 9.38. The zero-order valence-electron chi connectivity index (χ0n) is 20.8. The number of hydrogen-bond donors (Lipinski definition) is 1. The lowest BCUT2D eigenvalue weighted by atomic mass is 10.1. The second-order valence-electron chi connectivity index (χ2n) is 8.47. The van der Waals surface area contributed by atoms with Crippen molar-refractivity contribution in [2.75, 3.05) is 12.4 Å². The van der Waals surface area contributed by atoms with Gasteiger partial charge >= 0.3 is 0 Å². The molecule has 0 bridgehead atoms. The van der Waals surface area contributed by atoms with Crippen LogP contribution in [0.25, 0.3) is 6.08 Å². The molecule has 1 N–H and O–H groups in total. The Balaban J connectivity index is 1.42. The van der Waals surface area contributed by atoms with E-state index in [1.807, 2.05) is 56.3 Å². The third-order valence-electron chi connectivity index (χ3n) is 5.81. The Hall–Kier alpha value is -3.91. The Morgan fingerprint density at radius 2 is 1.81 bits per heavy atom. The number of rotatable bonds is 9. The number of aryl methyl sites for hydroxylation is 1. The van der Waals surface area contributed by atoms with Crippen LogP contribution in [0.2, 0.25) is 0 Å². The minimum Gasteiger partial charge on any atom is -0.496 e. The zero-order chi connectivity index (χ0) is 26.4. The third kappa shape index (κ3) is 6.86. The van der Waals surface area contributed by atoms with Crippen molar-refractivity contribution in [2.24, 2.45) is 0 Å². The summed E-state index contributed by atoms with van der Waals surface area (Å²) < 4.78 is 27.3. The number of nitrogens with zero attached hydrogens (tertiary/aromatic N) is 2. The quantitative estimate of drug-likeness (QED) is 0.230. The summed E-state index contributed by atoms with van der Waals surface area (Å²) in [7, 11) is 1.61. The number of nitrogens with one attached hydrogen (secondary N) is 1. The van der Waals surface area contributed by atoms with Gasteiger partial charge in [-0.25, -0.2) is 4.39 Å². The van der Waals surface area contributed by atoms with Crippen LogP contribution in [-0.2, 0) is 17.9 Å². The van der Waals surface area contributed by atoms with Gasteiger partial charge in [-0.05, 0) is 79.6 Å². The lowest BCUT2D eigenvalue weighted by Gasteiger charge is -2.11. The Morgan fingerprint density at radius 1 is 1.08 bits per heavy atom. The molecule has 0 unspecified atom stereocenters. The number of halogens is 2. The highest BCUT2D eigenvalue weighted by Gasteiger charge is 2.14. The average Bonchev–Trinajstić information content (AvgIpc) is 3.15. The van der Waals surface area contributed by atoms with Gasteiger partial charge < -0.3 is 14.8 Å². The molecule has 0 radical (unpaired) electrons. The minimum atomic E-state index is -0.280. The third-order valence-corrected chi connectivity index (χ3v) is 6.34. The second kappa shape index (κ2) is 11.9. The standard InChI is InChI=1S/C29H27BrFN3O3/c1-19-29(20(2)34(33-19)17-22-4-10-25(31)11-5-22)32-28(35)15-7-21-6-14-27(36-3)23(16-21)18-37-26-12-8-24(30)9-13-26/h4-16H,17-18H2,1-3H3,(H,32,35). The topological polar surface area (TPSA) is 65.4 Å². The van der Waals surface area contributed by atoms with Crippen LogP contribution in [0.15, 0.2) is 77.3 Å². The van der Waals surface area contributed by atoms with Gasteiger partial charge in [-0.15, -0.1) is 0 Å². The van der Waals surface area contributed by atoms with E-state index in [1.54, 1.807) is 30.0 Å². The maximum absolute atomic E-state index is 13.2. The van der Waals surface area contributed by atoms with Gasteiger partial charge in [0.15, 0.2) is 0 Å². The summed E-state index contributed by atoms with van der Waals surface area (Å²) in [6.45, 7) is 4.54. The summed E-state index contributed by atoms with van der Waals surface area (Å²) in [6.07, 6.45) is 3.23. The Morgan fingerprint density at radius 3 is 2.51 bits per heavy atom. The van der Waals surface area contributed by atoms with Gasteiger partial charge in [0, 0.05) is 16.1 Å². The van der Waals surface area contributed by atoms with Crippen LogP contribution in [-0.4, -0.2) is 22.8 Å². The fraction of sp³-hybridized carbons (Fsp3) is 0.172. The van der Waals surface area contributed by atoms with Crippen LogP contribution in [0.5, 0.6) is 11.5 Å². The summed E-state index contributed by atoms with van der Waals surface area (Å²) in [5.41, 5.74) is 4.81. The van der Waals surface area contributed by atoms with Crippen molar-refractivity contribution in [1.29, 1.82) is 0 Å². The Kier molecular flexibility index (Phi) is 8.40. The van der Waals surface area contributed by atoms with Gasteiger partial charge in [-0.1, -0.05) is 34.1 Å². The summed E-state index contributed by atoms with van der Waals surface area (Å²) in [5.74, 6) is 0.906. The average molecular weight is 564 g/mol. The molecule has 190 valence electrons. The van der Waals surface area contributed by atoms with E-state index in [0.717, 1.165) is 32.6 Å². The monoisotopic (exact) mass is 563 g/mol. The molecule has 0 fully saturated rings. The Bertz CT molecular complexity index is 1410. The molecular formula is C29H27BrFN3O3. The molecule has 1 aromatic heterocycles. The summed E-state index contributed by atoms with van der Waals surface area (Å²) in [4.78, 5) is 12.7. The molecule has 0 spiro atoms. The molecule has 8 heteroatoms. The molecule has 0 aliphatic heterocycles. The number of carbonyl (C=O) groups is 1. The van der Waals surface area contributed by atoms with Gasteiger partial charge in [0.2, 0.25) is 5.91 Å². The van der Waals surface area contributed by atoms with Crippen molar-refractivity contribution in [3.05, 3.63) is 111 Å². The van der Waals surface area contributed by atoms with Crippen LogP contribution in [0, 0.1) is 19.7 Å². The molecule has 1 amide bonds. The van der Waals surface area contributed by atoms with Crippen molar-refractivity contribution in [1.82, 2.24) is 9.78 Å². The number of carbonyl (C=O) groups excluding carboxylic acids is 1. The van der Waals surface area contributed by atoms with Gasteiger partial charge in [-0.3, -0.25) is 9.48 Å². The molecule has 0 aliphatic rings. The predicted molar refractivity (Wildman–Crippen MR) is 146 cm³/mol. The van der Waals surface area contributed by atoms with E-state index in [1.165, 1.54) is 18.2 Å². The normalized spacial score (nSPS) is 11.1. The number of hydrogen-bond acceptors (Lipinski definition) is 4. The number of aromatic nitrogens is 2. The van der Waals surface area contributed by atoms with Gasteiger partial charge in [0.25, 0.3) is 0 Å². The molecule has 0 saturated carbocycles. The maximum atomic E-state index is 13.2. The summed E-state index contributed by atoms with van der Waals surface area (Å²) in [5, 5.41) is 7.46. The zero-order valence-corrected chi connectivity index (χ0v) is 22.4. The van der Waals surface area contributed by atoms with Crippen LogP contribution >= 0.6 is 15.9 Å². The molecule has 4 aromatic rings.